The molecule has 1 amide bonds. The van der Waals surface area contributed by atoms with Crippen LogP contribution in [0.3, 0.4) is 0 Å². The largest absolute Gasteiger partial charge is 0.516 e. The summed E-state index contributed by atoms with van der Waals surface area (Å²) < 4.78 is 5.41. The molecule has 0 aromatic carbocycles. The minimum atomic E-state index is -0.245. The Hall–Kier alpha value is -1.19. The number of hydrogen-bond acceptors (Lipinski definition) is 3. The van der Waals surface area contributed by atoms with Gasteiger partial charge in [-0.05, 0) is 37.7 Å². The Morgan fingerprint density at radius 1 is 1.62 bits per heavy atom. The van der Waals surface area contributed by atoms with E-state index in [1.165, 1.54) is 0 Å². The van der Waals surface area contributed by atoms with Gasteiger partial charge < -0.3 is 14.7 Å². The zero-order chi connectivity index (χ0) is 11.8. The van der Waals surface area contributed by atoms with Gasteiger partial charge in [-0.15, -0.1) is 0 Å². The van der Waals surface area contributed by atoms with Gasteiger partial charge in [-0.2, -0.15) is 0 Å². The highest BCUT2D eigenvalue weighted by Gasteiger charge is 2.43. The van der Waals surface area contributed by atoms with E-state index in [4.69, 9.17) is 9.84 Å². The monoisotopic (exact) mass is 225 g/mol. The highest BCUT2D eigenvalue weighted by atomic mass is 16.6. The van der Waals surface area contributed by atoms with Crippen molar-refractivity contribution < 1.29 is 14.6 Å². The van der Waals surface area contributed by atoms with Gasteiger partial charge in [-0.3, -0.25) is 0 Å². The predicted octanol–water partition coefficient (Wildman–Crippen LogP) is 2.46. The highest BCUT2D eigenvalue weighted by molar-refractivity contribution is 5.69. The molecular weight excluding hydrogens is 206 g/mol. The van der Waals surface area contributed by atoms with Crippen LogP contribution in [0.1, 0.15) is 33.1 Å². The summed E-state index contributed by atoms with van der Waals surface area (Å²) in [6, 6.07) is 0. The second-order valence-corrected chi connectivity index (χ2v) is 5.30. The molecule has 1 unspecified atom stereocenters. The summed E-state index contributed by atoms with van der Waals surface area (Å²) in [4.78, 5) is 13.5. The normalized spacial score (nSPS) is 30.2. The maximum atomic E-state index is 11.9. The third-order valence-electron chi connectivity index (χ3n) is 3.27. The predicted molar refractivity (Wildman–Crippen MR) is 60.2 cm³/mol. The fourth-order valence-electron chi connectivity index (χ4n) is 2.05. The van der Waals surface area contributed by atoms with E-state index in [2.05, 4.69) is 6.92 Å². The smallest absolute Gasteiger partial charge is 0.410 e. The van der Waals surface area contributed by atoms with Gasteiger partial charge in [0.15, 0.2) is 0 Å². The maximum absolute atomic E-state index is 11.9. The standard InChI is InChI=1S/C12H19NO3/c1-9-5-10(8-14)7-13(6-9)11(15)16-12(2)3-4-12/h8-9,14H,3-7H2,1-2H3/b10-8-. The van der Waals surface area contributed by atoms with Crippen molar-refractivity contribution in [1.82, 2.24) is 4.90 Å². The molecule has 1 N–H and O–H groups in total. The SMILES string of the molecule is CC1C/C(=C/O)CN(C(=O)OC2(C)CC2)C1. The van der Waals surface area contributed by atoms with Crippen LogP contribution in [0, 0.1) is 5.92 Å². The van der Waals surface area contributed by atoms with Gasteiger partial charge in [0.1, 0.15) is 5.60 Å². The zero-order valence-electron chi connectivity index (χ0n) is 9.90. The molecule has 90 valence electrons. The van der Waals surface area contributed by atoms with E-state index in [1.54, 1.807) is 4.90 Å². The van der Waals surface area contributed by atoms with Crippen LogP contribution in [-0.4, -0.2) is 34.8 Å². The number of ether oxygens (including phenoxy) is 1. The lowest BCUT2D eigenvalue weighted by molar-refractivity contribution is 0.0532. The molecule has 0 aromatic rings. The van der Waals surface area contributed by atoms with Crippen LogP contribution >= 0.6 is 0 Å². The summed E-state index contributed by atoms with van der Waals surface area (Å²) in [5.41, 5.74) is 0.678. The van der Waals surface area contributed by atoms with Gasteiger partial charge >= 0.3 is 6.09 Å². The lowest BCUT2D eigenvalue weighted by Gasteiger charge is -2.32. The summed E-state index contributed by atoms with van der Waals surface area (Å²) in [5, 5.41) is 9.01. The molecule has 2 fully saturated rings. The Balaban J connectivity index is 1.95. The Bertz CT molecular complexity index is 320. The lowest BCUT2D eigenvalue weighted by Crippen LogP contribution is -2.42. The first-order valence-electron chi connectivity index (χ1n) is 5.82. The van der Waals surface area contributed by atoms with E-state index in [0.717, 1.165) is 31.1 Å². The van der Waals surface area contributed by atoms with Crippen molar-refractivity contribution in [1.29, 1.82) is 0 Å². The number of amides is 1. The summed E-state index contributed by atoms with van der Waals surface area (Å²) >= 11 is 0. The Kier molecular flexibility index (Phi) is 2.82. The van der Waals surface area contributed by atoms with Crippen LogP contribution in [-0.2, 0) is 4.74 Å². The molecule has 2 rings (SSSR count). The van der Waals surface area contributed by atoms with Gasteiger partial charge in [-0.1, -0.05) is 6.92 Å². The van der Waals surface area contributed by atoms with Crippen molar-refractivity contribution in [2.45, 2.75) is 38.7 Å². The number of hydrogen-bond donors (Lipinski definition) is 1. The van der Waals surface area contributed by atoms with Crippen molar-refractivity contribution in [2.24, 2.45) is 5.92 Å². The first-order chi connectivity index (χ1) is 7.52. The Morgan fingerprint density at radius 2 is 2.31 bits per heavy atom. The van der Waals surface area contributed by atoms with Crippen LogP contribution < -0.4 is 0 Å². The van der Waals surface area contributed by atoms with E-state index in [1.807, 2.05) is 6.92 Å². The van der Waals surface area contributed by atoms with Crippen molar-refractivity contribution in [3.05, 3.63) is 11.8 Å². The molecule has 0 bridgehead atoms. The van der Waals surface area contributed by atoms with Crippen molar-refractivity contribution in [2.75, 3.05) is 13.1 Å². The average Bonchev–Trinajstić information content (AvgIpc) is 2.95. The number of nitrogens with zero attached hydrogens (tertiary/aromatic N) is 1. The number of piperidine rings is 1. The van der Waals surface area contributed by atoms with Gasteiger partial charge in [0.2, 0.25) is 0 Å². The first-order valence-corrected chi connectivity index (χ1v) is 5.82. The van der Waals surface area contributed by atoms with Crippen LogP contribution in [0.25, 0.3) is 0 Å². The quantitative estimate of drug-likeness (QED) is 0.697. The molecule has 4 nitrogen and oxygen atoms in total. The molecule has 1 atom stereocenters. The van der Waals surface area contributed by atoms with Crippen LogP contribution in [0.5, 0.6) is 0 Å². The number of aliphatic hydroxyl groups is 1. The fourth-order valence-corrected chi connectivity index (χ4v) is 2.05. The molecule has 1 aliphatic heterocycles. The molecule has 0 aromatic heterocycles. The molecule has 1 saturated heterocycles. The van der Waals surface area contributed by atoms with E-state index >= 15 is 0 Å². The van der Waals surface area contributed by atoms with Gasteiger partial charge in [-0.25, -0.2) is 4.79 Å². The second kappa shape index (κ2) is 4.00. The summed E-state index contributed by atoms with van der Waals surface area (Å²) in [7, 11) is 0. The Labute approximate surface area is 95.9 Å². The topological polar surface area (TPSA) is 49.8 Å². The van der Waals surface area contributed by atoms with E-state index in [0.29, 0.717) is 19.0 Å². The highest BCUT2D eigenvalue weighted by Crippen LogP contribution is 2.39. The first kappa shape index (κ1) is 11.3. The lowest BCUT2D eigenvalue weighted by atomic mass is 9.97. The van der Waals surface area contributed by atoms with Crippen LogP contribution in [0.2, 0.25) is 0 Å². The molecule has 1 aliphatic carbocycles. The number of rotatable bonds is 1. The summed E-state index contributed by atoms with van der Waals surface area (Å²) in [5.74, 6) is 0.381. The number of likely N-dealkylation sites (tertiary alicyclic amines) is 1. The minimum Gasteiger partial charge on any atom is -0.516 e. The number of carbonyl (C=O) groups is 1. The van der Waals surface area contributed by atoms with Crippen LogP contribution in [0.15, 0.2) is 11.8 Å². The second-order valence-electron chi connectivity index (χ2n) is 5.30. The molecule has 2 aliphatic rings. The van der Waals surface area contributed by atoms with Crippen molar-refractivity contribution in [3.8, 4) is 0 Å². The maximum Gasteiger partial charge on any atom is 0.410 e. The molecule has 0 spiro atoms. The number of carbonyl (C=O) groups excluding carboxylic acids is 1. The van der Waals surface area contributed by atoms with Crippen molar-refractivity contribution >= 4 is 6.09 Å². The van der Waals surface area contributed by atoms with Gasteiger partial charge in [0, 0.05) is 13.1 Å². The average molecular weight is 225 g/mol. The van der Waals surface area contributed by atoms with Gasteiger partial charge in [0.25, 0.3) is 0 Å². The van der Waals surface area contributed by atoms with E-state index in [-0.39, 0.29) is 11.7 Å². The molecule has 1 saturated carbocycles. The number of aliphatic hydroxyl groups excluding tert-OH is 1. The molecule has 4 heteroatoms. The molecule has 16 heavy (non-hydrogen) atoms. The van der Waals surface area contributed by atoms with E-state index < -0.39 is 0 Å². The van der Waals surface area contributed by atoms with E-state index in [9.17, 15) is 4.79 Å². The van der Waals surface area contributed by atoms with Gasteiger partial charge in [0.05, 0.1) is 6.26 Å². The van der Waals surface area contributed by atoms with Crippen LogP contribution in [0.4, 0.5) is 4.79 Å². The third kappa shape index (κ3) is 2.49. The third-order valence-corrected chi connectivity index (χ3v) is 3.27. The minimum absolute atomic E-state index is 0.221. The molecular formula is C12H19NO3. The summed E-state index contributed by atoms with van der Waals surface area (Å²) in [6.45, 7) is 5.24. The fraction of sp³-hybridized carbons (Fsp3) is 0.750. The van der Waals surface area contributed by atoms with Crippen molar-refractivity contribution in [3.63, 3.8) is 0 Å². The Morgan fingerprint density at radius 3 is 2.88 bits per heavy atom. The zero-order valence-corrected chi connectivity index (χ0v) is 9.90. The summed E-state index contributed by atoms with van der Waals surface area (Å²) in [6.07, 6.45) is 3.66. The molecule has 1 heterocycles. The molecule has 0 radical (unpaired) electrons.